The van der Waals surface area contributed by atoms with Gasteiger partial charge in [-0.2, -0.15) is 0 Å². The van der Waals surface area contributed by atoms with Crippen molar-refractivity contribution >= 4 is 23.4 Å². The molecule has 0 amide bonds. The van der Waals surface area contributed by atoms with Crippen molar-refractivity contribution in [3.63, 3.8) is 0 Å². The van der Waals surface area contributed by atoms with Crippen LogP contribution in [0.2, 0.25) is 0 Å². The first-order chi connectivity index (χ1) is 9.97. The van der Waals surface area contributed by atoms with Crippen molar-refractivity contribution in [3.05, 3.63) is 65.2 Å². The fourth-order valence-corrected chi connectivity index (χ4v) is 2.20. The maximum atomic E-state index is 10.6. The standard InChI is InChI=1S/C18H19NO2/c1-13-5-4-6-16(11-13)19(3)17-9-7-15(14(2)12-17)8-10-18(20)21/h4-12H,1-3H3,(H,20,21). The SMILES string of the molecule is Cc1cccc(N(C)c2ccc(C=CC(=O)O)c(C)c2)c1. The second-order valence-corrected chi connectivity index (χ2v) is 5.11. The summed E-state index contributed by atoms with van der Waals surface area (Å²) in [6, 6.07) is 14.3. The normalized spacial score (nSPS) is 10.8. The van der Waals surface area contributed by atoms with Crippen molar-refractivity contribution in [2.75, 3.05) is 11.9 Å². The Morgan fingerprint density at radius 1 is 1.10 bits per heavy atom. The number of aliphatic carboxylic acids is 1. The Hall–Kier alpha value is -2.55. The molecule has 0 aromatic heterocycles. The number of aryl methyl sites for hydroxylation is 2. The number of rotatable bonds is 4. The summed E-state index contributed by atoms with van der Waals surface area (Å²) in [5.41, 5.74) is 5.38. The summed E-state index contributed by atoms with van der Waals surface area (Å²) in [5, 5.41) is 8.69. The van der Waals surface area contributed by atoms with Gasteiger partial charge >= 0.3 is 5.97 Å². The lowest BCUT2D eigenvalue weighted by Gasteiger charge is -2.21. The molecule has 0 atom stereocenters. The van der Waals surface area contributed by atoms with Crippen molar-refractivity contribution in [2.24, 2.45) is 0 Å². The summed E-state index contributed by atoms with van der Waals surface area (Å²) in [6.45, 7) is 4.05. The molecular weight excluding hydrogens is 262 g/mol. The third-order valence-corrected chi connectivity index (χ3v) is 3.44. The lowest BCUT2D eigenvalue weighted by Crippen LogP contribution is -2.09. The van der Waals surface area contributed by atoms with Crippen LogP contribution >= 0.6 is 0 Å². The molecule has 0 aliphatic heterocycles. The number of anilines is 2. The molecule has 0 aliphatic carbocycles. The molecule has 0 unspecified atom stereocenters. The highest BCUT2D eigenvalue weighted by atomic mass is 16.4. The maximum absolute atomic E-state index is 10.6. The van der Waals surface area contributed by atoms with E-state index in [4.69, 9.17) is 5.11 Å². The first-order valence-corrected chi connectivity index (χ1v) is 6.79. The highest BCUT2D eigenvalue weighted by Crippen LogP contribution is 2.26. The Balaban J connectivity index is 2.29. The summed E-state index contributed by atoms with van der Waals surface area (Å²) in [5.74, 6) is -0.935. The van der Waals surface area contributed by atoms with Crippen LogP contribution in [0, 0.1) is 13.8 Å². The third-order valence-electron chi connectivity index (χ3n) is 3.44. The van der Waals surface area contributed by atoms with E-state index in [0.29, 0.717) is 0 Å². The average molecular weight is 281 g/mol. The number of carbonyl (C=O) groups is 1. The second kappa shape index (κ2) is 6.27. The number of nitrogens with zero attached hydrogens (tertiary/aromatic N) is 1. The molecule has 0 aliphatic rings. The molecule has 1 N–H and O–H groups in total. The van der Waals surface area contributed by atoms with Gasteiger partial charge in [0.2, 0.25) is 0 Å². The van der Waals surface area contributed by atoms with Gasteiger partial charge in [-0.25, -0.2) is 4.79 Å². The van der Waals surface area contributed by atoms with Gasteiger partial charge in [-0.1, -0.05) is 18.2 Å². The van der Waals surface area contributed by atoms with Gasteiger partial charge in [0, 0.05) is 24.5 Å². The molecule has 0 spiro atoms. The first-order valence-electron chi connectivity index (χ1n) is 6.79. The monoisotopic (exact) mass is 281 g/mol. The molecule has 0 radical (unpaired) electrons. The second-order valence-electron chi connectivity index (χ2n) is 5.11. The molecule has 0 fully saturated rings. The maximum Gasteiger partial charge on any atom is 0.328 e. The Morgan fingerprint density at radius 3 is 2.43 bits per heavy atom. The highest BCUT2D eigenvalue weighted by Gasteiger charge is 2.05. The van der Waals surface area contributed by atoms with Gasteiger partial charge in [0.1, 0.15) is 0 Å². The fraction of sp³-hybridized carbons (Fsp3) is 0.167. The van der Waals surface area contributed by atoms with Crippen LogP contribution in [0.25, 0.3) is 6.08 Å². The summed E-state index contributed by atoms with van der Waals surface area (Å²) >= 11 is 0. The van der Waals surface area contributed by atoms with E-state index in [9.17, 15) is 4.79 Å². The molecule has 108 valence electrons. The Labute approximate surface area is 125 Å². The fourth-order valence-electron chi connectivity index (χ4n) is 2.20. The van der Waals surface area contributed by atoms with Crippen LogP contribution in [0.1, 0.15) is 16.7 Å². The topological polar surface area (TPSA) is 40.5 Å². The van der Waals surface area contributed by atoms with E-state index < -0.39 is 5.97 Å². The molecule has 0 bridgehead atoms. The predicted octanol–water partition coefficient (Wildman–Crippen LogP) is 4.17. The van der Waals surface area contributed by atoms with Gasteiger partial charge < -0.3 is 10.0 Å². The summed E-state index contributed by atoms with van der Waals surface area (Å²) in [4.78, 5) is 12.7. The van der Waals surface area contributed by atoms with E-state index in [0.717, 1.165) is 28.6 Å². The van der Waals surface area contributed by atoms with Gasteiger partial charge in [0.05, 0.1) is 0 Å². The van der Waals surface area contributed by atoms with Gasteiger partial charge in [-0.3, -0.25) is 0 Å². The quantitative estimate of drug-likeness (QED) is 0.855. The minimum Gasteiger partial charge on any atom is -0.478 e. The average Bonchev–Trinajstić information content (AvgIpc) is 2.45. The summed E-state index contributed by atoms with van der Waals surface area (Å²) < 4.78 is 0. The molecule has 2 rings (SSSR count). The van der Waals surface area contributed by atoms with Crippen LogP contribution in [0.4, 0.5) is 11.4 Å². The van der Waals surface area contributed by atoms with E-state index in [1.807, 2.05) is 32.2 Å². The number of carboxylic acids is 1. The van der Waals surface area contributed by atoms with Crippen LogP contribution in [0.15, 0.2) is 48.5 Å². The van der Waals surface area contributed by atoms with Crippen LogP contribution < -0.4 is 4.90 Å². The molecule has 0 saturated carbocycles. The van der Waals surface area contributed by atoms with Gasteiger partial charge in [0.25, 0.3) is 0 Å². The van der Waals surface area contributed by atoms with Crippen molar-refractivity contribution in [1.82, 2.24) is 0 Å². The van der Waals surface area contributed by atoms with Gasteiger partial charge in [-0.05, 0) is 60.9 Å². The van der Waals surface area contributed by atoms with Gasteiger partial charge in [0.15, 0.2) is 0 Å². The van der Waals surface area contributed by atoms with Crippen LogP contribution in [0.3, 0.4) is 0 Å². The van der Waals surface area contributed by atoms with Crippen molar-refractivity contribution in [3.8, 4) is 0 Å². The molecule has 0 saturated heterocycles. The molecule has 3 nitrogen and oxygen atoms in total. The lowest BCUT2D eigenvalue weighted by molar-refractivity contribution is -0.131. The minimum atomic E-state index is -0.935. The van der Waals surface area contributed by atoms with E-state index in [2.05, 4.69) is 36.1 Å². The highest BCUT2D eigenvalue weighted by molar-refractivity contribution is 5.85. The lowest BCUT2D eigenvalue weighted by atomic mass is 10.1. The van der Waals surface area contributed by atoms with Crippen LogP contribution in [-0.2, 0) is 4.79 Å². The zero-order valence-electron chi connectivity index (χ0n) is 12.5. The zero-order chi connectivity index (χ0) is 15.4. The number of hydrogen-bond acceptors (Lipinski definition) is 2. The largest absolute Gasteiger partial charge is 0.478 e. The zero-order valence-corrected chi connectivity index (χ0v) is 12.5. The van der Waals surface area contributed by atoms with E-state index in [-0.39, 0.29) is 0 Å². The van der Waals surface area contributed by atoms with Crippen molar-refractivity contribution < 1.29 is 9.90 Å². The summed E-state index contributed by atoms with van der Waals surface area (Å²) in [7, 11) is 2.02. The van der Waals surface area contributed by atoms with Crippen molar-refractivity contribution in [2.45, 2.75) is 13.8 Å². The number of hydrogen-bond donors (Lipinski definition) is 1. The summed E-state index contributed by atoms with van der Waals surface area (Å²) in [6.07, 6.45) is 2.78. The number of benzene rings is 2. The molecule has 2 aromatic rings. The molecule has 3 heteroatoms. The van der Waals surface area contributed by atoms with Crippen LogP contribution in [0.5, 0.6) is 0 Å². The Bertz CT molecular complexity index is 689. The van der Waals surface area contributed by atoms with E-state index in [1.165, 1.54) is 5.56 Å². The Kier molecular flexibility index (Phi) is 4.43. The van der Waals surface area contributed by atoms with Crippen molar-refractivity contribution in [1.29, 1.82) is 0 Å². The number of carboxylic acid groups (broad SMARTS) is 1. The molecular formula is C18H19NO2. The first kappa shape index (κ1) is 14.9. The van der Waals surface area contributed by atoms with E-state index >= 15 is 0 Å². The smallest absolute Gasteiger partial charge is 0.328 e. The molecule has 21 heavy (non-hydrogen) atoms. The van der Waals surface area contributed by atoms with Crippen LogP contribution in [-0.4, -0.2) is 18.1 Å². The Morgan fingerprint density at radius 2 is 1.81 bits per heavy atom. The molecule has 2 aromatic carbocycles. The minimum absolute atomic E-state index is 0.916. The molecule has 0 heterocycles. The van der Waals surface area contributed by atoms with Gasteiger partial charge in [-0.15, -0.1) is 0 Å². The third kappa shape index (κ3) is 3.72. The predicted molar refractivity (Wildman–Crippen MR) is 87.1 cm³/mol. The van der Waals surface area contributed by atoms with E-state index in [1.54, 1.807) is 6.08 Å².